The van der Waals surface area contributed by atoms with Crippen LogP contribution in [-0.2, 0) is 4.79 Å². The fraction of sp³-hybridized carbons (Fsp3) is 0.333. The minimum Gasteiger partial charge on any atom is -0.395 e. The van der Waals surface area contributed by atoms with E-state index in [1.54, 1.807) is 28.8 Å². The summed E-state index contributed by atoms with van der Waals surface area (Å²) in [6, 6.07) is 3.84. The maximum absolute atomic E-state index is 11.7. The molecule has 18 heavy (non-hydrogen) atoms. The van der Waals surface area contributed by atoms with Crippen LogP contribution in [0.4, 0.5) is 11.4 Å². The number of benzene rings is 1. The molecule has 1 amide bonds. The number of hydrogen-bond acceptors (Lipinski definition) is 5. The topological polar surface area (TPSA) is 71.2 Å². The molecule has 0 radical (unpaired) electrons. The molecule has 0 aliphatic rings. The second-order valence-corrected chi connectivity index (χ2v) is 4.87. The molecule has 96 valence electrons. The van der Waals surface area contributed by atoms with E-state index in [4.69, 9.17) is 5.73 Å². The SMILES string of the molecule is CCN(C)C(=O)CNc1ccc2scnc2c1N. The molecule has 0 aliphatic heterocycles. The zero-order valence-corrected chi connectivity index (χ0v) is 11.3. The molecule has 0 fully saturated rings. The Bertz CT molecular complexity index is 566. The highest BCUT2D eigenvalue weighted by Crippen LogP contribution is 2.29. The number of nitrogens with one attached hydrogen (secondary N) is 1. The molecule has 5 nitrogen and oxygen atoms in total. The van der Waals surface area contributed by atoms with Crippen molar-refractivity contribution >= 4 is 38.8 Å². The first-order chi connectivity index (χ1) is 8.63. The van der Waals surface area contributed by atoms with E-state index in [9.17, 15) is 4.79 Å². The van der Waals surface area contributed by atoms with Gasteiger partial charge < -0.3 is 16.0 Å². The summed E-state index contributed by atoms with van der Waals surface area (Å²) in [7, 11) is 1.77. The second kappa shape index (κ2) is 5.22. The molecule has 0 spiro atoms. The summed E-state index contributed by atoms with van der Waals surface area (Å²) >= 11 is 1.55. The highest BCUT2D eigenvalue weighted by atomic mass is 32.1. The van der Waals surface area contributed by atoms with Gasteiger partial charge in [-0.2, -0.15) is 0 Å². The van der Waals surface area contributed by atoms with Crippen LogP contribution in [0.5, 0.6) is 0 Å². The normalized spacial score (nSPS) is 10.6. The summed E-state index contributed by atoms with van der Waals surface area (Å²) < 4.78 is 1.05. The van der Waals surface area contributed by atoms with Crippen molar-refractivity contribution < 1.29 is 4.79 Å². The number of hydrogen-bond donors (Lipinski definition) is 2. The molecule has 2 rings (SSSR count). The van der Waals surface area contributed by atoms with Crippen LogP contribution in [0.1, 0.15) is 6.92 Å². The molecule has 0 saturated carbocycles. The van der Waals surface area contributed by atoms with E-state index >= 15 is 0 Å². The first kappa shape index (κ1) is 12.6. The molecule has 0 bridgehead atoms. The maximum Gasteiger partial charge on any atom is 0.241 e. The quantitative estimate of drug-likeness (QED) is 0.826. The van der Waals surface area contributed by atoms with Gasteiger partial charge in [0.15, 0.2) is 0 Å². The molecule has 1 aromatic heterocycles. The first-order valence-electron chi connectivity index (χ1n) is 5.73. The fourth-order valence-electron chi connectivity index (χ4n) is 1.59. The molecular formula is C12H16N4OS. The number of aromatic nitrogens is 1. The summed E-state index contributed by atoms with van der Waals surface area (Å²) in [5.74, 6) is 0.0373. The van der Waals surface area contributed by atoms with Crippen molar-refractivity contribution in [2.45, 2.75) is 6.92 Å². The number of nitrogens with two attached hydrogens (primary N) is 1. The Morgan fingerprint density at radius 2 is 2.33 bits per heavy atom. The standard InChI is InChI=1S/C12H16N4OS/c1-3-16(2)10(17)6-14-8-4-5-9-12(11(8)13)15-7-18-9/h4-5,7,14H,3,6,13H2,1-2H3. The number of amides is 1. The van der Waals surface area contributed by atoms with Gasteiger partial charge in [0.2, 0.25) is 5.91 Å². The minimum atomic E-state index is 0.0373. The zero-order chi connectivity index (χ0) is 13.1. The van der Waals surface area contributed by atoms with E-state index in [0.29, 0.717) is 12.2 Å². The van der Waals surface area contributed by atoms with E-state index in [1.807, 2.05) is 19.1 Å². The number of carbonyl (C=O) groups excluding carboxylic acids is 1. The van der Waals surface area contributed by atoms with Crippen molar-refractivity contribution in [2.75, 3.05) is 31.2 Å². The van der Waals surface area contributed by atoms with Gasteiger partial charge in [-0.05, 0) is 19.1 Å². The van der Waals surface area contributed by atoms with Crippen molar-refractivity contribution in [3.05, 3.63) is 17.6 Å². The van der Waals surface area contributed by atoms with Crippen molar-refractivity contribution in [1.29, 1.82) is 0 Å². The number of thiazole rings is 1. The number of nitrogens with zero attached hydrogens (tertiary/aromatic N) is 2. The minimum absolute atomic E-state index is 0.0373. The largest absolute Gasteiger partial charge is 0.395 e. The van der Waals surface area contributed by atoms with E-state index in [-0.39, 0.29) is 12.5 Å². The zero-order valence-electron chi connectivity index (χ0n) is 10.4. The Kier molecular flexibility index (Phi) is 3.66. The Labute approximate surface area is 110 Å². The average molecular weight is 264 g/mol. The fourth-order valence-corrected chi connectivity index (χ4v) is 2.28. The molecule has 1 aromatic carbocycles. The lowest BCUT2D eigenvalue weighted by Gasteiger charge is -2.16. The molecular weight excluding hydrogens is 248 g/mol. The Morgan fingerprint density at radius 1 is 1.56 bits per heavy atom. The highest BCUT2D eigenvalue weighted by Gasteiger charge is 2.09. The van der Waals surface area contributed by atoms with Gasteiger partial charge in [-0.3, -0.25) is 4.79 Å². The van der Waals surface area contributed by atoms with Crippen molar-refractivity contribution in [3.63, 3.8) is 0 Å². The van der Waals surface area contributed by atoms with Gasteiger partial charge in [-0.25, -0.2) is 4.98 Å². The van der Waals surface area contributed by atoms with Gasteiger partial charge in [0.1, 0.15) is 5.52 Å². The van der Waals surface area contributed by atoms with E-state index < -0.39 is 0 Å². The summed E-state index contributed by atoms with van der Waals surface area (Å²) in [4.78, 5) is 17.6. The second-order valence-electron chi connectivity index (χ2n) is 3.99. The molecule has 0 aliphatic carbocycles. The van der Waals surface area contributed by atoms with Gasteiger partial charge in [-0.15, -0.1) is 11.3 Å². The van der Waals surface area contributed by atoms with E-state index in [0.717, 1.165) is 15.9 Å². The molecule has 0 atom stereocenters. The molecule has 0 unspecified atom stereocenters. The summed E-state index contributed by atoms with van der Waals surface area (Å²) in [6.07, 6.45) is 0. The van der Waals surface area contributed by atoms with E-state index in [2.05, 4.69) is 10.3 Å². The molecule has 0 saturated heterocycles. The van der Waals surface area contributed by atoms with Gasteiger partial charge in [0.05, 0.1) is 28.1 Å². The summed E-state index contributed by atoms with van der Waals surface area (Å²) in [5, 5.41) is 3.06. The molecule has 2 aromatic rings. The Morgan fingerprint density at radius 3 is 3.06 bits per heavy atom. The predicted octanol–water partition coefficient (Wildman–Crippen LogP) is 1.77. The first-order valence-corrected chi connectivity index (χ1v) is 6.61. The van der Waals surface area contributed by atoms with Crippen LogP contribution in [-0.4, -0.2) is 35.9 Å². The van der Waals surface area contributed by atoms with Crippen LogP contribution in [0.3, 0.4) is 0 Å². The highest BCUT2D eigenvalue weighted by molar-refractivity contribution is 7.16. The van der Waals surface area contributed by atoms with Crippen molar-refractivity contribution in [2.24, 2.45) is 0 Å². The lowest BCUT2D eigenvalue weighted by atomic mass is 10.2. The monoisotopic (exact) mass is 264 g/mol. The van der Waals surface area contributed by atoms with Crippen LogP contribution in [0.15, 0.2) is 17.6 Å². The van der Waals surface area contributed by atoms with Gasteiger partial charge in [-0.1, -0.05) is 0 Å². The molecule has 3 N–H and O–H groups in total. The van der Waals surface area contributed by atoms with Crippen LogP contribution in [0.2, 0.25) is 0 Å². The summed E-state index contributed by atoms with van der Waals surface area (Å²) in [6.45, 7) is 2.87. The maximum atomic E-state index is 11.7. The number of carbonyl (C=O) groups is 1. The molecule has 6 heteroatoms. The number of likely N-dealkylation sites (N-methyl/N-ethyl adjacent to an activating group) is 1. The van der Waals surface area contributed by atoms with Crippen LogP contribution in [0, 0.1) is 0 Å². The lowest BCUT2D eigenvalue weighted by Crippen LogP contribution is -2.32. The third kappa shape index (κ3) is 2.38. The number of fused-ring (bicyclic) bond motifs is 1. The van der Waals surface area contributed by atoms with Crippen molar-refractivity contribution in [3.8, 4) is 0 Å². The molecule has 1 heterocycles. The Hall–Kier alpha value is -1.82. The van der Waals surface area contributed by atoms with E-state index in [1.165, 1.54) is 0 Å². The van der Waals surface area contributed by atoms with Gasteiger partial charge in [0, 0.05) is 13.6 Å². The third-order valence-corrected chi connectivity index (χ3v) is 3.67. The van der Waals surface area contributed by atoms with Crippen LogP contribution in [0.25, 0.3) is 10.2 Å². The number of nitrogen functional groups attached to an aromatic ring is 1. The van der Waals surface area contributed by atoms with Gasteiger partial charge >= 0.3 is 0 Å². The number of rotatable bonds is 4. The lowest BCUT2D eigenvalue weighted by molar-refractivity contribution is -0.127. The summed E-state index contributed by atoms with van der Waals surface area (Å²) in [5.41, 5.74) is 9.93. The smallest absolute Gasteiger partial charge is 0.241 e. The third-order valence-electron chi connectivity index (χ3n) is 2.87. The van der Waals surface area contributed by atoms with Crippen LogP contribution < -0.4 is 11.1 Å². The van der Waals surface area contributed by atoms with Gasteiger partial charge in [0.25, 0.3) is 0 Å². The van der Waals surface area contributed by atoms with Crippen LogP contribution >= 0.6 is 11.3 Å². The average Bonchev–Trinajstić information content (AvgIpc) is 2.85. The van der Waals surface area contributed by atoms with Crippen molar-refractivity contribution in [1.82, 2.24) is 9.88 Å². The number of anilines is 2. The predicted molar refractivity (Wildman–Crippen MR) is 75.8 cm³/mol. The Balaban J connectivity index is 2.12.